The molecule has 3 aromatic rings. The first-order valence-electron chi connectivity index (χ1n) is 10.5. The van der Waals surface area contributed by atoms with Gasteiger partial charge in [-0.15, -0.1) is 10.2 Å². The van der Waals surface area contributed by atoms with Crippen LogP contribution < -0.4 is 5.32 Å². The van der Waals surface area contributed by atoms with Crippen LogP contribution in [-0.4, -0.2) is 33.0 Å². The van der Waals surface area contributed by atoms with Crippen LogP contribution in [0.5, 0.6) is 0 Å². The third-order valence-electron chi connectivity index (χ3n) is 5.11. The highest BCUT2D eigenvalue weighted by Crippen LogP contribution is 2.24. The van der Waals surface area contributed by atoms with Crippen LogP contribution in [0.3, 0.4) is 0 Å². The molecule has 1 heterocycles. The number of nitrogens with zero attached hydrogens (tertiary/aromatic N) is 3. The Kier molecular flexibility index (Phi) is 8.08. The molecule has 0 saturated heterocycles. The number of hydrogen-bond acceptors (Lipinski definition) is 4. The topological polar surface area (TPSA) is 59.8 Å². The standard InChI is InChI=1S/C24H30N4OS/c1-4-5-15-25-23(29)17-30-24-27-26-22(14-12-20-9-7-6-8-10-20)28(24)21-13-11-18(2)19(3)16-21/h6-11,13,16H,4-5,12,14-15,17H2,1-3H3,(H,25,29). The van der Waals surface area contributed by atoms with E-state index in [2.05, 4.69) is 83.3 Å². The predicted molar refractivity (Wildman–Crippen MR) is 123 cm³/mol. The third-order valence-corrected chi connectivity index (χ3v) is 6.04. The van der Waals surface area contributed by atoms with Crippen LogP contribution in [0.2, 0.25) is 0 Å². The lowest BCUT2D eigenvalue weighted by atomic mass is 10.1. The van der Waals surface area contributed by atoms with E-state index in [1.54, 1.807) is 0 Å². The van der Waals surface area contributed by atoms with Gasteiger partial charge in [-0.25, -0.2) is 0 Å². The molecule has 5 nitrogen and oxygen atoms in total. The van der Waals surface area contributed by atoms with Gasteiger partial charge in [0.25, 0.3) is 0 Å². The molecule has 3 rings (SSSR count). The molecular weight excluding hydrogens is 392 g/mol. The number of thioether (sulfide) groups is 1. The number of unbranched alkanes of at least 4 members (excludes halogenated alkanes) is 1. The number of aryl methyl sites for hydroxylation is 4. The minimum Gasteiger partial charge on any atom is -0.355 e. The lowest BCUT2D eigenvalue weighted by Gasteiger charge is -2.12. The van der Waals surface area contributed by atoms with Crippen molar-refractivity contribution in [3.8, 4) is 5.69 Å². The van der Waals surface area contributed by atoms with Gasteiger partial charge in [0.1, 0.15) is 5.82 Å². The molecule has 1 N–H and O–H groups in total. The van der Waals surface area contributed by atoms with E-state index in [-0.39, 0.29) is 5.91 Å². The van der Waals surface area contributed by atoms with Gasteiger partial charge >= 0.3 is 0 Å². The van der Waals surface area contributed by atoms with Gasteiger partial charge < -0.3 is 5.32 Å². The fraction of sp³-hybridized carbons (Fsp3) is 0.375. The van der Waals surface area contributed by atoms with Gasteiger partial charge in [-0.05, 0) is 55.5 Å². The lowest BCUT2D eigenvalue weighted by Crippen LogP contribution is -2.26. The summed E-state index contributed by atoms with van der Waals surface area (Å²) in [5, 5.41) is 12.6. The molecular formula is C24H30N4OS. The second-order valence-corrected chi connectivity index (χ2v) is 8.42. The maximum atomic E-state index is 12.2. The Morgan fingerprint density at radius 2 is 1.83 bits per heavy atom. The summed E-state index contributed by atoms with van der Waals surface area (Å²) >= 11 is 1.44. The summed E-state index contributed by atoms with van der Waals surface area (Å²) in [5.74, 6) is 1.29. The number of carbonyl (C=O) groups is 1. The molecule has 1 amide bonds. The van der Waals surface area contributed by atoms with E-state index in [9.17, 15) is 4.79 Å². The number of amides is 1. The molecule has 30 heavy (non-hydrogen) atoms. The van der Waals surface area contributed by atoms with Crippen molar-refractivity contribution in [1.29, 1.82) is 0 Å². The van der Waals surface area contributed by atoms with Gasteiger partial charge in [0.2, 0.25) is 5.91 Å². The van der Waals surface area contributed by atoms with E-state index < -0.39 is 0 Å². The first kappa shape index (κ1) is 22.1. The predicted octanol–water partition coefficient (Wildman–Crippen LogP) is 4.68. The van der Waals surface area contributed by atoms with Crippen molar-refractivity contribution in [2.24, 2.45) is 0 Å². The first-order chi connectivity index (χ1) is 14.6. The Morgan fingerprint density at radius 1 is 1.03 bits per heavy atom. The molecule has 0 aliphatic heterocycles. The largest absolute Gasteiger partial charge is 0.355 e. The quantitative estimate of drug-likeness (QED) is 0.381. The summed E-state index contributed by atoms with van der Waals surface area (Å²) in [7, 11) is 0. The molecule has 2 aromatic carbocycles. The fourth-order valence-corrected chi connectivity index (χ4v) is 3.97. The van der Waals surface area contributed by atoms with E-state index in [0.29, 0.717) is 5.75 Å². The van der Waals surface area contributed by atoms with Gasteiger partial charge in [0.15, 0.2) is 5.16 Å². The van der Waals surface area contributed by atoms with Gasteiger partial charge in [0, 0.05) is 18.7 Å². The highest BCUT2D eigenvalue weighted by molar-refractivity contribution is 7.99. The van der Waals surface area contributed by atoms with Crippen molar-refractivity contribution in [3.63, 3.8) is 0 Å². The van der Waals surface area contributed by atoms with Gasteiger partial charge in [0.05, 0.1) is 5.75 Å². The zero-order valence-corrected chi connectivity index (χ0v) is 18.8. The zero-order chi connectivity index (χ0) is 21.3. The summed E-state index contributed by atoms with van der Waals surface area (Å²) in [6.07, 6.45) is 3.75. The Morgan fingerprint density at radius 3 is 2.57 bits per heavy atom. The minimum atomic E-state index is 0.0360. The van der Waals surface area contributed by atoms with Crippen molar-refractivity contribution < 1.29 is 4.79 Å². The number of nitrogens with one attached hydrogen (secondary N) is 1. The normalized spacial score (nSPS) is 10.9. The van der Waals surface area contributed by atoms with Crippen molar-refractivity contribution in [2.75, 3.05) is 12.3 Å². The molecule has 0 bridgehead atoms. The van der Waals surface area contributed by atoms with Crippen LogP contribution in [0, 0.1) is 13.8 Å². The maximum absolute atomic E-state index is 12.2. The second-order valence-electron chi connectivity index (χ2n) is 7.48. The van der Waals surface area contributed by atoms with Crippen molar-refractivity contribution in [2.45, 2.75) is 51.6 Å². The van der Waals surface area contributed by atoms with Crippen molar-refractivity contribution in [1.82, 2.24) is 20.1 Å². The Labute approximate surface area is 183 Å². The van der Waals surface area contributed by atoms with Crippen LogP contribution >= 0.6 is 11.8 Å². The lowest BCUT2D eigenvalue weighted by molar-refractivity contribution is -0.118. The summed E-state index contributed by atoms with van der Waals surface area (Å²) in [6.45, 7) is 7.06. The molecule has 0 unspecified atom stereocenters. The Hall–Kier alpha value is -2.60. The van der Waals surface area contributed by atoms with Gasteiger partial charge in [-0.1, -0.05) is 61.5 Å². The van der Waals surface area contributed by atoms with E-state index in [1.807, 2.05) is 6.07 Å². The maximum Gasteiger partial charge on any atom is 0.230 e. The van der Waals surface area contributed by atoms with E-state index in [0.717, 1.165) is 48.9 Å². The van der Waals surface area contributed by atoms with Crippen LogP contribution in [0.15, 0.2) is 53.7 Å². The third kappa shape index (κ3) is 5.95. The average molecular weight is 423 g/mol. The van der Waals surface area contributed by atoms with Crippen LogP contribution in [0.4, 0.5) is 0 Å². The van der Waals surface area contributed by atoms with Crippen molar-refractivity contribution >= 4 is 17.7 Å². The fourth-order valence-electron chi connectivity index (χ4n) is 3.17. The molecule has 158 valence electrons. The molecule has 0 aliphatic carbocycles. The second kappa shape index (κ2) is 11.0. The van der Waals surface area contributed by atoms with E-state index >= 15 is 0 Å². The molecule has 0 atom stereocenters. The smallest absolute Gasteiger partial charge is 0.230 e. The van der Waals surface area contributed by atoms with Gasteiger partial charge in [-0.3, -0.25) is 9.36 Å². The molecule has 0 aliphatic rings. The number of aromatic nitrogens is 3. The number of benzene rings is 2. The Bertz CT molecular complexity index is 969. The van der Waals surface area contributed by atoms with E-state index in [1.165, 1.54) is 28.5 Å². The minimum absolute atomic E-state index is 0.0360. The van der Waals surface area contributed by atoms with Crippen LogP contribution in [-0.2, 0) is 17.6 Å². The van der Waals surface area contributed by atoms with Crippen LogP contribution in [0.25, 0.3) is 5.69 Å². The van der Waals surface area contributed by atoms with Crippen LogP contribution in [0.1, 0.15) is 42.3 Å². The molecule has 0 spiro atoms. The molecule has 0 saturated carbocycles. The first-order valence-corrected chi connectivity index (χ1v) is 11.5. The average Bonchev–Trinajstić information content (AvgIpc) is 3.16. The highest BCUT2D eigenvalue weighted by Gasteiger charge is 2.16. The van der Waals surface area contributed by atoms with Gasteiger partial charge in [-0.2, -0.15) is 0 Å². The number of hydrogen-bond donors (Lipinski definition) is 1. The summed E-state index contributed by atoms with van der Waals surface area (Å²) < 4.78 is 2.10. The highest BCUT2D eigenvalue weighted by atomic mass is 32.2. The molecule has 0 fully saturated rings. The SMILES string of the molecule is CCCCNC(=O)CSc1nnc(CCc2ccccc2)n1-c1ccc(C)c(C)c1. The molecule has 0 radical (unpaired) electrons. The molecule has 1 aromatic heterocycles. The van der Waals surface area contributed by atoms with Crippen molar-refractivity contribution in [3.05, 3.63) is 71.0 Å². The van der Waals surface area contributed by atoms with E-state index in [4.69, 9.17) is 0 Å². The number of carbonyl (C=O) groups excluding carboxylic acids is 1. The zero-order valence-electron chi connectivity index (χ0n) is 18.0. The number of rotatable bonds is 10. The molecule has 6 heteroatoms. The monoisotopic (exact) mass is 422 g/mol. The summed E-state index contributed by atoms with van der Waals surface area (Å²) in [4.78, 5) is 12.2. The summed E-state index contributed by atoms with van der Waals surface area (Å²) in [6, 6.07) is 16.8. The Balaban J connectivity index is 1.80. The summed E-state index contributed by atoms with van der Waals surface area (Å²) in [5.41, 5.74) is 4.79.